The second kappa shape index (κ2) is 11.1. The van der Waals surface area contributed by atoms with Crippen molar-refractivity contribution in [3.63, 3.8) is 0 Å². The van der Waals surface area contributed by atoms with Gasteiger partial charge in [0.1, 0.15) is 5.82 Å². The highest BCUT2D eigenvalue weighted by Gasteiger charge is 2.25. The molecular weight excluding hydrogens is 409 g/mol. The second-order valence-electron chi connectivity index (χ2n) is 9.43. The topological polar surface area (TPSA) is 85.5 Å². The van der Waals surface area contributed by atoms with Crippen LogP contribution in [0, 0.1) is 5.82 Å². The quantitative estimate of drug-likeness (QED) is 0.578. The van der Waals surface area contributed by atoms with Gasteiger partial charge in [-0.3, -0.25) is 0 Å². The van der Waals surface area contributed by atoms with Crippen LogP contribution in [-0.4, -0.2) is 33.0 Å². The Morgan fingerprint density at radius 3 is 2.38 bits per heavy atom. The van der Waals surface area contributed by atoms with Crippen molar-refractivity contribution in [1.29, 1.82) is 0 Å². The zero-order chi connectivity index (χ0) is 23.3. The number of nitrogens with zero attached hydrogens (tertiary/aromatic N) is 1. The van der Waals surface area contributed by atoms with Crippen molar-refractivity contribution in [2.45, 2.75) is 95.8 Å². The smallest absolute Gasteiger partial charge is 0.123 e. The summed E-state index contributed by atoms with van der Waals surface area (Å²) in [7, 11) is 0. The van der Waals surface area contributed by atoms with Crippen LogP contribution in [0.5, 0.6) is 0 Å². The van der Waals surface area contributed by atoms with Crippen LogP contribution in [0.2, 0.25) is 0 Å². The summed E-state index contributed by atoms with van der Waals surface area (Å²) in [4.78, 5) is 10.7. The van der Waals surface area contributed by atoms with Crippen LogP contribution in [0.3, 0.4) is 0 Å². The number of hydrogen-bond acceptors (Lipinski definition) is 4. The Hall–Kier alpha value is -2.18. The van der Waals surface area contributed by atoms with Crippen LogP contribution < -0.4 is 5.11 Å². The molecule has 2 aromatic rings. The molecule has 0 amide bonds. The molecule has 1 aromatic heterocycles. The molecule has 0 aliphatic heterocycles. The molecule has 1 heterocycles. The fraction of sp³-hybridized carbons (Fsp3) is 0.577. The van der Waals surface area contributed by atoms with Gasteiger partial charge < -0.3 is 24.7 Å². The Kier molecular flexibility index (Phi) is 8.49. The number of carboxylic acids is 1. The minimum Gasteiger partial charge on any atom is -0.550 e. The Morgan fingerprint density at radius 1 is 1.12 bits per heavy atom. The molecule has 0 radical (unpaired) electrons. The molecule has 0 unspecified atom stereocenters. The molecule has 1 aliphatic carbocycles. The minimum atomic E-state index is -1.32. The lowest BCUT2D eigenvalue weighted by Gasteiger charge is -2.27. The van der Waals surface area contributed by atoms with Crippen LogP contribution in [0.4, 0.5) is 4.39 Å². The van der Waals surface area contributed by atoms with Gasteiger partial charge >= 0.3 is 0 Å². The van der Waals surface area contributed by atoms with E-state index in [9.17, 15) is 24.5 Å². The Bertz CT molecular complexity index is 884. The summed E-state index contributed by atoms with van der Waals surface area (Å²) >= 11 is 0. The summed E-state index contributed by atoms with van der Waals surface area (Å²) in [6.45, 7) is 4.35. The molecule has 176 valence electrons. The number of carboxylic acid groups (broad SMARTS) is 1. The van der Waals surface area contributed by atoms with Gasteiger partial charge in [0.05, 0.1) is 12.2 Å². The number of rotatable bonds is 10. The lowest BCUT2D eigenvalue weighted by atomic mass is 9.92. The highest BCUT2D eigenvalue weighted by atomic mass is 19.1. The number of carbonyl (C=O) groups excluding carboxylic acids is 1. The first kappa shape index (κ1) is 24.5. The fourth-order valence-electron chi connectivity index (χ4n) is 5.05. The van der Waals surface area contributed by atoms with Gasteiger partial charge in [-0.15, -0.1) is 0 Å². The molecule has 2 N–H and O–H groups in total. The molecule has 1 aliphatic rings. The molecule has 3 rings (SSSR count). The van der Waals surface area contributed by atoms with Gasteiger partial charge in [-0.25, -0.2) is 4.39 Å². The number of aliphatic carboxylic acids is 1. The first-order valence-corrected chi connectivity index (χ1v) is 11.8. The zero-order valence-electron chi connectivity index (χ0n) is 19.1. The molecule has 2 atom stereocenters. The molecule has 0 bridgehead atoms. The van der Waals surface area contributed by atoms with E-state index in [0.717, 1.165) is 29.5 Å². The van der Waals surface area contributed by atoms with E-state index in [-0.39, 0.29) is 18.2 Å². The molecule has 6 heteroatoms. The van der Waals surface area contributed by atoms with Crippen molar-refractivity contribution < 1.29 is 24.5 Å². The van der Waals surface area contributed by atoms with Crippen molar-refractivity contribution in [3.8, 4) is 11.1 Å². The maximum atomic E-state index is 13.6. The zero-order valence-corrected chi connectivity index (χ0v) is 19.1. The molecule has 1 fully saturated rings. The van der Waals surface area contributed by atoms with Gasteiger partial charge in [0.2, 0.25) is 0 Å². The SMILES string of the molecule is CC(C)c1c(CC[C@@H](O)C[C@@H](O)CC(=O)[O-])c(-c2ccc(F)cc2)cn1C1CCCCC1. The number of hydrogen-bond donors (Lipinski definition) is 2. The predicted molar refractivity (Wildman–Crippen MR) is 121 cm³/mol. The van der Waals surface area contributed by atoms with Gasteiger partial charge in [-0.1, -0.05) is 45.2 Å². The van der Waals surface area contributed by atoms with Crippen molar-refractivity contribution in [1.82, 2.24) is 4.57 Å². The maximum Gasteiger partial charge on any atom is 0.123 e. The first-order chi connectivity index (χ1) is 15.3. The van der Waals surface area contributed by atoms with Crippen LogP contribution in [0.1, 0.15) is 88.4 Å². The molecule has 1 aromatic carbocycles. The third-order valence-corrected chi connectivity index (χ3v) is 6.52. The van der Waals surface area contributed by atoms with E-state index in [4.69, 9.17) is 0 Å². The molecular formula is C26H35FNO4-. The van der Waals surface area contributed by atoms with Gasteiger partial charge in [0, 0.05) is 35.9 Å². The van der Waals surface area contributed by atoms with Gasteiger partial charge in [-0.05, 0) is 61.3 Å². The van der Waals surface area contributed by atoms with E-state index in [0.29, 0.717) is 18.9 Å². The van der Waals surface area contributed by atoms with E-state index < -0.39 is 24.6 Å². The number of aliphatic hydroxyl groups is 2. The van der Waals surface area contributed by atoms with E-state index in [1.807, 2.05) is 0 Å². The van der Waals surface area contributed by atoms with E-state index >= 15 is 0 Å². The van der Waals surface area contributed by atoms with Gasteiger partial charge in [0.25, 0.3) is 0 Å². The monoisotopic (exact) mass is 444 g/mol. The first-order valence-electron chi connectivity index (χ1n) is 11.8. The van der Waals surface area contributed by atoms with Crippen molar-refractivity contribution >= 4 is 5.97 Å². The van der Waals surface area contributed by atoms with Crippen LogP contribution in [0.25, 0.3) is 11.1 Å². The van der Waals surface area contributed by atoms with Gasteiger partial charge in [-0.2, -0.15) is 0 Å². The van der Waals surface area contributed by atoms with Gasteiger partial charge in [0.15, 0.2) is 0 Å². The largest absolute Gasteiger partial charge is 0.550 e. The van der Waals surface area contributed by atoms with Crippen LogP contribution in [0.15, 0.2) is 30.5 Å². The normalized spacial score (nSPS) is 16.9. The number of aromatic nitrogens is 1. The second-order valence-corrected chi connectivity index (χ2v) is 9.43. The molecule has 1 saturated carbocycles. The lowest BCUT2D eigenvalue weighted by molar-refractivity contribution is -0.307. The summed E-state index contributed by atoms with van der Waals surface area (Å²) < 4.78 is 16.0. The minimum absolute atomic E-state index is 0.000205. The molecule has 0 saturated heterocycles. The molecule has 32 heavy (non-hydrogen) atoms. The number of aliphatic hydroxyl groups excluding tert-OH is 2. The summed E-state index contributed by atoms with van der Waals surface area (Å²) in [6, 6.07) is 6.98. The number of carbonyl (C=O) groups is 1. The standard InChI is InChI=1S/C26H36FNO4/c1-17(2)26-23(13-12-21(29)14-22(30)15-25(31)32)24(18-8-10-19(27)11-9-18)16-28(26)20-6-4-3-5-7-20/h8-11,16-17,20-22,29-30H,3-7,12-15H2,1-2H3,(H,31,32)/p-1/t21-,22-/m1/s1. The molecule has 5 nitrogen and oxygen atoms in total. The number of benzene rings is 1. The summed E-state index contributed by atoms with van der Waals surface area (Å²) in [6.07, 6.45) is 6.79. The highest BCUT2D eigenvalue weighted by molar-refractivity contribution is 5.69. The van der Waals surface area contributed by atoms with Crippen molar-refractivity contribution in [2.75, 3.05) is 0 Å². The summed E-state index contributed by atoms with van der Waals surface area (Å²) in [5.41, 5.74) is 4.40. The Labute approximate surface area is 189 Å². The predicted octanol–water partition coefficient (Wildman–Crippen LogP) is 4.11. The number of halogens is 1. The fourth-order valence-corrected chi connectivity index (χ4v) is 5.05. The van der Waals surface area contributed by atoms with E-state index in [2.05, 4.69) is 24.6 Å². The Morgan fingerprint density at radius 2 is 1.78 bits per heavy atom. The Balaban J connectivity index is 1.91. The third kappa shape index (κ3) is 6.20. The summed E-state index contributed by atoms with van der Waals surface area (Å²) in [5.74, 6) is -1.32. The van der Waals surface area contributed by atoms with Crippen molar-refractivity contribution in [3.05, 3.63) is 47.5 Å². The average Bonchev–Trinajstić information content (AvgIpc) is 3.12. The van der Waals surface area contributed by atoms with Crippen LogP contribution >= 0.6 is 0 Å². The highest BCUT2D eigenvalue weighted by Crippen LogP contribution is 2.39. The third-order valence-electron chi connectivity index (χ3n) is 6.52. The lowest BCUT2D eigenvalue weighted by Crippen LogP contribution is -2.29. The van der Waals surface area contributed by atoms with Crippen molar-refractivity contribution in [2.24, 2.45) is 0 Å². The van der Waals surface area contributed by atoms with E-state index in [1.54, 1.807) is 12.1 Å². The molecule has 0 spiro atoms. The maximum absolute atomic E-state index is 13.6. The summed E-state index contributed by atoms with van der Waals surface area (Å²) in [5, 5.41) is 31.0. The van der Waals surface area contributed by atoms with Crippen LogP contribution in [-0.2, 0) is 11.2 Å². The van der Waals surface area contributed by atoms with E-state index in [1.165, 1.54) is 37.1 Å². The average molecular weight is 445 g/mol.